The van der Waals surface area contributed by atoms with Crippen molar-refractivity contribution >= 4 is 11.8 Å². The fraction of sp³-hybridized carbons (Fsp3) is 0.571. The van der Waals surface area contributed by atoms with E-state index in [4.69, 9.17) is 4.74 Å². The third kappa shape index (κ3) is 6.53. The summed E-state index contributed by atoms with van der Waals surface area (Å²) in [5, 5.41) is 23.4. The summed E-state index contributed by atoms with van der Waals surface area (Å²) in [7, 11) is 0. The van der Waals surface area contributed by atoms with Gasteiger partial charge in [-0.05, 0) is 37.8 Å². The molecule has 4 atom stereocenters. The highest BCUT2D eigenvalue weighted by atomic mass is 16.5. The molecular formula is C28H40N2O5. The molecular weight excluding hydrogens is 444 g/mol. The van der Waals surface area contributed by atoms with Gasteiger partial charge in [-0.2, -0.15) is 0 Å². The molecule has 0 radical (unpaired) electrons. The van der Waals surface area contributed by atoms with E-state index < -0.39 is 24.2 Å². The van der Waals surface area contributed by atoms with E-state index in [1.165, 1.54) is 0 Å². The number of aliphatic hydroxyl groups is 2. The molecule has 4 unspecified atom stereocenters. The van der Waals surface area contributed by atoms with Crippen molar-refractivity contribution in [3.8, 4) is 5.75 Å². The van der Waals surface area contributed by atoms with Crippen molar-refractivity contribution in [2.75, 3.05) is 19.7 Å². The van der Waals surface area contributed by atoms with Gasteiger partial charge in [0.1, 0.15) is 18.0 Å². The van der Waals surface area contributed by atoms with Crippen LogP contribution in [0.4, 0.5) is 0 Å². The Labute approximate surface area is 208 Å². The molecule has 0 spiro atoms. The fourth-order valence-corrected chi connectivity index (χ4v) is 5.05. The zero-order valence-corrected chi connectivity index (χ0v) is 20.8. The Kier molecular flexibility index (Phi) is 10.4. The summed E-state index contributed by atoms with van der Waals surface area (Å²) in [6, 6.07) is 6.84. The molecule has 1 aromatic carbocycles. The van der Waals surface area contributed by atoms with E-state index in [1.807, 2.05) is 30.3 Å². The lowest BCUT2D eigenvalue weighted by atomic mass is 9.77. The highest BCUT2D eigenvalue weighted by Crippen LogP contribution is 2.47. The quantitative estimate of drug-likeness (QED) is 0.277. The number of nitrogens with one attached hydrogen (secondary N) is 1. The van der Waals surface area contributed by atoms with Gasteiger partial charge in [0, 0.05) is 30.6 Å². The second kappa shape index (κ2) is 13.4. The highest BCUT2D eigenvalue weighted by molar-refractivity contribution is 5.96. The Bertz CT molecular complexity index is 899. The largest absolute Gasteiger partial charge is 0.486 e. The fourth-order valence-electron chi connectivity index (χ4n) is 5.05. The third-order valence-corrected chi connectivity index (χ3v) is 6.86. The van der Waals surface area contributed by atoms with Crippen LogP contribution in [0.3, 0.4) is 0 Å². The second-order valence-electron chi connectivity index (χ2n) is 9.36. The van der Waals surface area contributed by atoms with E-state index in [9.17, 15) is 19.8 Å². The van der Waals surface area contributed by atoms with Gasteiger partial charge in [0.15, 0.2) is 0 Å². The molecule has 1 aliphatic heterocycles. The molecule has 7 nitrogen and oxygen atoms in total. The monoisotopic (exact) mass is 484 g/mol. The SMILES string of the molecule is C=CCCCCC(=O)N(CCCCCC)C1C=C(C(=O)NCCO)C2c3ccccc3OC2C1O. The van der Waals surface area contributed by atoms with Crippen LogP contribution in [0.25, 0.3) is 0 Å². The summed E-state index contributed by atoms with van der Waals surface area (Å²) in [5.74, 6) is -0.111. The van der Waals surface area contributed by atoms with Crippen molar-refractivity contribution in [2.24, 2.45) is 0 Å². The molecule has 3 N–H and O–H groups in total. The Morgan fingerprint density at radius 3 is 2.71 bits per heavy atom. The number of unbranched alkanes of at least 4 members (excludes halogenated alkanes) is 5. The summed E-state index contributed by atoms with van der Waals surface area (Å²) in [5.41, 5.74) is 1.33. The predicted octanol–water partition coefficient (Wildman–Crippen LogP) is 3.46. The first-order valence-electron chi connectivity index (χ1n) is 13.0. The third-order valence-electron chi connectivity index (χ3n) is 6.86. The predicted molar refractivity (Wildman–Crippen MR) is 136 cm³/mol. The topological polar surface area (TPSA) is 99.1 Å². The molecule has 7 heteroatoms. The molecule has 1 heterocycles. The summed E-state index contributed by atoms with van der Waals surface area (Å²) < 4.78 is 6.16. The van der Waals surface area contributed by atoms with Gasteiger partial charge in [0.05, 0.1) is 18.6 Å². The Morgan fingerprint density at radius 2 is 1.97 bits per heavy atom. The number of nitrogens with zero attached hydrogens (tertiary/aromatic N) is 1. The Hall–Kier alpha value is -2.64. The van der Waals surface area contributed by atoms with Gasteiger partial charge in [-0.3, -0.25) is 9.59 Å². The number of benzene rings is 1. The summed E-state index contributed by atoms with van der Waals surface area (Å²) in [6.07, 6.45) is 8.88. The maximum atomic E-state index is 13.4. The molecule has 3 rings (SSSR count). The number of aliphatic hydroxyl groups excluding tert-OH is 2. The first-order chi connectivity index (χ1) is 17.0. The van der Waals surface area contributed by atoms with Gasteiger partial charge >= 0.3 is 0 Å². The molecule has 0 saturated heterocycles. The summed E-state index contributed by atoms with van der Waals surface area (Å²) >= 11 is 0. The van der Waals surface area contributed by atoms with Gasteiger partial charge in [0.25, 0.3) is 0 Å². The van der Waals surface area contributed by atoms with E-state index in [0.29, 0.717) is 24.3 Å². The number of para-hydroxylation sites is 1. The molecule has 0 fully saturated rings. The van der Waals surface area contributed by atoms with Crippen LogP contribution in [-0.4, -0.2) is 64.9 Å². The number of rotatable bonds is 14. The Balaban J connectivity index is 1.91. The highest BCUT2D eigenvalue weighted by Gasteiger charge is 2.50. The molecule has 1 aliphatic carbocycles. The van der Waals surface area contributed by atoms with E-state index in [1.54, 1.807) is 11.0 Å². The van der Waals surface area contributed by atoms with Crippen LogP contribution in [0.5, 0.6) is 5.75 Å². The normalized spacial score (nSPS) is 22.4. The molecule has 0 aromatic heterocycles. The van der Waals surface area contributed by atoms with Gasteiger partial charge < -0.3 is 25.2 Å². The smallest absolute Gasteiger partial charge is 0.247 e. The van der Waals surface area contributed by atoms with Gasteiger partial charge in [-0.25, -0.2) is 0 Å². The lowest BCUT2D eigenvalue weighted by molar-refractivity contribution is -0.137. The van der Waals surface area contributed by atoms with E-state index in [2.05, 4.69) is 18.8 Å². The van der Waals surface area contributed by atoms with Crippen LogP contribution in [0.1, 0.15) is 69.8 Å². The minimum Gasteiger partial charge on any atom is -0.486 e. The van der Waals surface area contributed by atoms with Crippen molar-refractivity contribution < 1.29 is 24.5 Å². The number of carbonyl (C=O) groups excluding carboxylic acids is 2. The average molecular weight is 485 g/mol. The molecule has 35 heavy (non-hydrogen) atoms. The van der Waals surface area contributed by atoms with Crippen molar-refractivity contribution in [3.63, 3.8) is 0 Å². The first kappa shape index (κ1) is 27.0. The van der Waals surface area contributed by atoms with Crippen molar-refractivity contribution in [1.29, 1.82) is 0 Å². The number of ether oxygens (including phenoxy) is 1. The Morgan fingerprint density at radius 1 is 1.17 bits per heavy atom. The minimum atomic E-state index is -0.968. The van der Waals surface area contributed by atoms with Crippen LogP contribution in [0.2, 0.25) is 0 Å². The van der Waals surface area contributed by atoms with Gasteiger partial charge in [0.2, 0.25) is 11.8 Å². The zero-order chi connectivity index (χ0) is 25.2. The van der Waals surface area contributed by atoms with Crippen molar-refractivity contribution in [3.05, 3.63) is 54.1 Å². The van der Waals surface area contributed by atoms with Gasteiger partial charge in [-0.1, -0.05) is 50.5 Å². The summed E-state index contributed by atoms with van der Waals surface area (Å²) in [4.78, 5) is 28.3. The number of amides is 2. The molecule has 192 valence electrons. The second-order valence-corrected chi connectivity index (χ2v) is 9.36. The van der Waals surface area contributed by atoms with Crippen LogP contribution in [-0.2, 0) is 9.59 Å². The maximum Gasteiger partial charge on any atom is 0.247 e. The van der Waals surface area contributed by atoms with Gasteiger partial charge in [-0.15, -0.1) is 6.58 Å². The van der Waals surface area contributed by atoms with E-state index in [-0.39, 0.29) is 25.0 Å². The van der Waals surface area contributed by atoms with Crippen LogP contribution >= 0.6 is 0 Å². The standard InChI is InChI=1S/C28H40N2O5/c1-3-5-7-9-15-24(32)30(17-12-8-6-4-2)22-19-21(28(34)29-16-18-31)25-20-13-10-11-14-23(20)35-27(25)26(22)33/h3,10-11,13-14,19,22,25-27,31,33H,1,4-9,12,15-18H2,2H3,(H,29,34). The number of hydrogen-bond donors (Lipinski definition) is 3. The molecule has 1 aromatic rings. The molecule has 2 aliphatic rings. The first-order valence-corrected chi connectivity index (χ1v) is 13.0. The van der Waals surface area contributed by atoms with Crippen LogP contribution in [0, 0.1) is 0 Å². The molecule has 2 amide bonds. The average Bonchev–Trinajstić information content (AvgIpc) is 3.26. The van der Waals surface area contributed by atoms with Crippen molar-refractivity contribution in [2.45, 2.75) is 82.5 Å². The van der Waals surface area contributed by atoms with Crippen molar-refractivity contribution in [1.82, 2.24) is 10.2 Å². The number of fused-ring (bicyclic) bond motifs is 3. The van der Waals surface area contributed by atoms with E-state index >= 15 is 0 Å². The molecule has 0 bridgehead atoms. The number of hydrogen-bond acceptors (Lipinski definition) is 5. The summed E-state index contributed by atoms with van der Waals surface area (Å²) in [6.45, 7) is 6.37. The molecule has 0 saturated carbocycles. The minimum absolute atomic E-state index is 0.0186. The van der Waals surface area contributed by atoms with Crippen LogP contribution < -0.4 is 10.1 Å². The number of carbonyl (C=O) groups is 2. The zero-order valence-electron chi connectivity index (χ0n) is 20.8. The number of allylic oxidation sites excluding steroid dienone is 1. The lowest BCUT2D eigenvalue weighted by Crippen LogP contribution is -2.56. The van der Waals surface area contributed by atoms with Crippen LogP contribution in [0.15, 0.2) is 48.6 Å². The maximum absolute atomic E-state index is 13.4. The van der Waals surface area contributed by atoms with E-state index in [0.717, 1.165) is 50.5 Å². The lowest BCUT2D eigenvalue weighted by Gasteiger charge is -2.41.